The molecule has 0 spiro atoms. The van der Waals surface area contributed by atoms with Crippen LogP contribution in [0.25, 0.3) is 11.3 Å². The summed E-state index contributed by atoms with van der Waals surface area (Å²) in [4.78, 5) is 42.8. The van der Waals surface area contributed by atoms with Crippen LogP contribution in [-0.2, 0) is 22.6 Å². The lowest BCUT2D eigenvalue weighted by Gasteiger charge is -2.16. The van der Waals surface area contributed by atoms with Gasteiger partial charge in [0.05, 0.1) is 35.7 Å². The van der Waals surface area contributed by atoms with Crippen LogP contribution in [0.5, 0.6) is 0 Å². The number of carbonyl (C=O) groups is 2. The number of rotatable bonds is 9. The molecule has 184 valence electrons. The first kappa shape index (κ1) is 24.5. The van der Waals surface area contributed by atoms with Gasteiger partial charge < -0.3 is 21.1 Å². The molecule has 1 amide bonds. The fourth-order valence-electron chi connectivity index (χ4n) is 3.62. The van der Waals surface area contributed by atoms with E-state index in [0.717, 1.165) is 18.4 Å². The molecule has 1 fully saturated rings. The summed E-state index contributed by atoms with van der Waals surface area (Å²) in [5.74, 6) is -0.767. The van der Waals surface area contributed by atoms with E-state index in [9.17, 15) is 14.4 Å². The number of nitrogens with one attached hydrogen (secondary N) is 2. The van der Waals surface area contributed by atoms with Crippen molar-refractivity contribution in [3.63, 3.8) is 0 Å². The Morgan fingerprint density at radius 3 is 2.64 bits per heavy atom. The number of amides is 1. The predicted octanol–water partition coefficient (Wildman–Crippen LogP) is 2.43. The third-order valence-electron chi connectivity index (χ3n) is 5.61. The van der Waals surface area contributed by atoms with Gasteiger partial charge in [0.1, 0.15) is 6.54 Å². The van der Waals surface area contributed by atoms with E-state index < -0.39 is 11.5 Å². The molecule has 4 N–H and O–H groups in total. The molecule has 2 aromatic carbocycles. The molecule has 36 heavy (non-hydrogen) atoms. The lowest BCUT2D eigenvalue weighted by Crippen LogP contribution is -2.34. The topological polar surface area (TPSA) is 152 Å². The number of nitrogens with two attached hydrogens (primary N) is 1. The van der Waals surface area contributed by atoms with Crippen LogP contribution in [0.15, 0.2) is 53.5 Å². The Balaban J connectivity index is 1.63. The molecule has 0 atom stereocenters. The molecule has 0 unspecified atom stereocenters. The Morgan fingerprint density at radius 1 is 1.22 bits per heavy atom. The van der Waals surface area contributed by atoms with Gasteiger partial charge in [0, 0.05) is 23.8 Å². The van der Waals surface area contributed by atoms with E-state index in [0.29, 0.717) is 22.5 Å². The summed E-state index contributed by atoms with van der Waals surface area (Å²) < 4.78 is 6.40. The number of carbonyl (C=O) groups excluding carboxylic acids is 2. The molecular weight excluding hydrogens is 460 g/mol. The van der Waals surface area contributed by atoms with Gasteiger partial charge in [-0.05, 0) is 55.7 Å². The van der Waals surface area contributed by atoms with Crippen LogP contribution in [0.2, 0.25) is 0 Å². The van der Waals surface area contributed by atoms with Crippen molar-refractivity contribution >= 4 is 23.4 Å². The van der Waals surface area contributed by atoms with Crippen LogP contribution >= 0.6 is 0 Å². The smallest absolute Gasteiger partial charge is 0.338 e. The molecule has 0 aliphatic heterocycles. The van der Waals surface area contributed by atoms with Crippen LogP contribution in [0.3, 0.4) is 0 Å². The molecule has 1 aliphatic rings. The number of hydrogen-bond donors (Lipinski definition) is 3. The second-order valence-electron chi connectivity index (χ2n) is 8.45. The van der Waals surface area contributed by atoms with E-state index >= 15 is 0 Å². The largest absolute Gasteiger partial charge is 0.462 e. The summed E-state index contributed by atoms with van der Waals surface area (Å²) in [5, 5.41) is 14.8. The zero-order valence-electron chi connectivity index (χ0n) is 19.8. The van der Waals surface area contributed by atoms with Crippen LogP contribution in [-0.4, -0.2) is 34.1 Å². The van der Waals surface area contributed by atoms with Crippen molar-refractivity contribution in [3.8, 4) is 17.3 Å². The number of anilines is 2. The highest BCUT2D eigenvalue weighted by molar-refractivity contribution is 5.92. The number of aromatic nitrogens is 2. The van der Waals surface area contributed by atoms with Crippen LogP contribution in [0.4, 0.5) is 11.5 Å². The van der Waals surface area contributed by atoms with Crippen molar-refractivity contribution in [3.05, 3.63) is 75.7 Å². The minimum Gasteiger partial charge on any atom is -0.462 e. The molecule has 1 aromatic heterocycles. The molecule has 1 saturated carbocycles. The van der Waals surface area contributed by atoms with E-state index in [1.165, 1.54) is 16.8 Å². The van der Waals surface area contributed by atoms with Gasteiger partial charge in [-0.25, -0.2) is 9.78 Å². The molecule has 3 aromatic rings. The fraction of sp³-hybridized carbons (Fsp3) is 0.269. The molecule has 1 heterocycles. The van der Waals surface area contributed by atoms with Crippen molar-refractivity contribution in [1.82, 2.24) is 14.9 Å². The number of esters is 1. The highest BCUT2D eigenvalue weighted by atomic mass is 16.5. The van der Waals surface area contributed by atoms with Gasteiger partial charge in [-0.2, -0.15) is 5.26 Å². The average molecular weight is 487 g/mol. The van der Waals surface area contributed by atoms with Gasteiger partial charge in [-0.1, -0.05) is 12.1 Å². The number of hydrogen-bond acceptors (Lipinski definition) is 8. The first-order valence-corrected chi connectivity index (χ1v) is 11.6. The minimum absolute atomic E-state index is 0.163. The second-order valence-corrected chi connectivity index (χ2v) is 8.45. The van der Waals surface area contributed by atoms with Gasteiger partial charge in [-0.3, -0.25) is 14.2 Å². The van der Waals surface area contributed by atoms with Gasteiger partial charge in [0.2, 0.25) is 5.91 Å². The van der Waals surface area contributed by atoms with Crippen LogP contribution < -0.4 is 21.9 Å². The standard InChI is InChI=1S/C26H26N6O4/c1-2-36-26(35)19-9-18(10-20(28)11-19)22-14-30-24(31-21-7-8-21)25(34)32(22)15-23(33)29-13-17-5-3-16(12-27)4-6-17/h3-6,9-11,14,21H,2,7-8,13,15,28H2,1H3,(H,29,33)(H,30,31). The quantitative estimate of drug-likeness (QED) is 0.308. The monoisotopic (exact) mass is 486 g/mol. The average Bonchev–Trinajstić information content (AvgIpc) is 3.69. The Hall–Kier alpha value is -4.65. The maximum absolute atomic E-state index is 13.3. The lowest BCUT2D eigenvalue weighted by molar-refractivity contribution is -0.121. The lowest BCUT2D eigenvalue weighted by atomic mass is 10.1. The Bertz CT molecular complexity index is 1390. The number of nitrogen functional groups attached to an aromatic ring is 1. The molecule has 0 saturated heterocycles. The summed E-state index contributed by atoms with van der Waals surface area (Å²) in [6.07, 6.45) is 3.39. The molecular formula is C26H26N6O4. The summed E-state index contributed by atoms with van der Waals surface area (Å²) >= 11 is 0. The summed E-state index contributed by atoms with van der Waals surface area (Å²) in [5.41, 5.74) is 8.26. The van der Waals surface area contributed by atoms with E-state index in [1.807, 2.05) is 6.07 Å². The number of nitriles is 1. The summed E-state index contributed by atoms with van der Waals surface area (Å²) in [6, 6.07) is 13.8. The Labute approximate surface area is 207 Å². The first-order valence-electron chi connectivity index (χ1n) is 11.6. The van der Waals surface area contributed by atoms with Gasteiger partial charge in [0.15, 0.2) is 5.82 Å². The van der Waals surface area contributed by atoms with Crippen molar-refractivity contribution in [2.75, 3.05) is 17.7 Å². The second kappa shape index (κ2) is 10.7. The molecule has 4 rings (SSSR count). The van der Waals surface area contributed by atoms with Crippen molar-refractivity contribution < 1.29 is 14.3 Å². The van der Waals surface area contributed by atoms with Crippen LogP contribution in [0, 0.1) is 11.3 Å². The third kappa shape index (κ3) is 5.88. The maximum atomic E-state index is 13.3. The predicted molar refractivity (Wildman–Crippen MR) is 134 cm³/mol. The fourth-order valence-corrected chi connectivity index (χ4v) is 3.62. The number of benzene rings is 2. The van der Waals surface area contributed by atoms with Crippen molar-refractivity contribution in [2.24, 2.45) is 0 Å². The molecule has 1 aliphatic carbocycles. The Morgan fingerprint density at radius 2 is 1.97 bits per heavy atom. The molecule has 10 nitrogen and oxygen atoms in total. The van der Waals surface area contributed by atoms with Gasteiger partial charge in [-0.15, -0.1) is 0 Å². The third-order valence-corrected chi connectivity index (χ3v) is 5.61. The van der Waals surface area contributed by atoms with Gasteiger partial charge in [0.25, 0.3) is 5.56 Å². The summed E-state index contributed by atoms with van der Waals surface area (Å²) in [7, 11) is 0. The normalized spacial score (nSPS) is 12.4. The first-order chi connectivity index (χ1) is 17.4. The van der Waals surface area contributed by atoms with E-state index in [4.69, 9.17) is 15.7 Å². The zero-order valence-corrected chi connectivity index (χ0v) is 19.8. The molecule has 0 radical (unpaired) electrons. The zero-order chi connectivity index (χ0) is 25.7. The number of nitrogens with zero attached hydrogens (tertiary/aromatic N) is 3. The van der Waals surface area contributed by atoms with Crippen molar-refractivity contribution in [2.45, 2.75) is 38.9 Å². The molecule has 10 heteroatoms. The highest BCUT2D eigenvalue weighted by Crippen LogP contribution is 2.26. The SMILES string of the molecule is CCOC(=O)c1cc(N)cc(-c2cnc(NC3CC3)c(=O)n2CC(=O)NCc2ccc(C#N)cc2)c1. The van der Waals surface area contributed by atoms with Crippen molar-refractivity contribution in [1.29, 1.82) is 5.26 Å². The minimum atomic E-state index is -0.542. The molecule has 0 bridgehead atoms. The maximum Gasteiger partial charge on any atom is 0.338 e. The summed E-state index contributed by atoms with van der Waals surface area (Å²) in [6.45, 7) is 1.87. The van der Waals surface area contributed by atoms with E-state index in [2.05, 4.69) is 15.6 Å². The number of ether oxygens (including phenoxy) is 1. The van der Waals surface area contributed by atoms with Crippen LogP contribution in [0.1, 0.15) is 41.3 Å². The van der Waals surface area contributed by atoms with E-state index in [1.54, 1.807) is 43.3 Å². The highest BCUT2D eigenvalue weighted by Gasteiger charge is 2.24. The Kier molecular flexibility index (Phi) is 7.30. The van der Waals surface area contributed by atoms with Gasteiger partial charge >= 0.3 is 5.97 Å². The van der Waals surface area contributed by atoms with E-state index in [-0.39, 0.29) is 43.0 Å².